The van der Waals surface area contributed by atoms with Gasteiger partial charge in [-0.15, -0.1) is 0 Å². The van der Waals surface area contributed by atoms with Crippen molar-refractivity contribution in [3.8, 4) is 11.1 Å². The van der Waals surface area contributed by atoms with Crippen LogP contribution >= 0.6 is 15.9 Å². The molecule has 4 rings (SSSR count). The summed E-state index contributed by atoms with van der Waals surface area (Å²) in [6.07, 6.45) is 1.01. The molecular weight excluding hydrogens is 360 g/mol. The van der Waals surface area contributed by atoms with Crippen LogP contribution in [0.4, 0.5) is 5.69 Å². The van der Waals surface area contributed by atoms with Gasteiger partial charge >= 0.3 is 0 Å². The molecule has 118 valence electrons. The average molecular weight is 377 g/mol. The molecule has 1 N–H and O–H groups in total. The SMILES string of the molecule is C/C(=N\Nc1ccc(Br)cc1)c1ccc2c(c1)Cc1ccccc1-2. The fourth-order valence-corrected chi connectivity index (χ4v) is 3.37. The van der Waals surface area contributed by atoms with Crippen LogP contribution in [-0.4, -0.2) is 5.71 Å². The predicted octanol–water partition coefficient (Wildman–Crippen LogP) is 5.86. The molecular formula is C21H17BrN2. The maximum absolute atomic E-state index is 4.52. The Kier molecular flexibility index (Phi) is 3.95. The molecule has 0 saturated carbocycles. The van der Waals surface area contributed by atoms with Crippen molar-refractivity contribution in [2.75, 3.05) is 5.43 Å². The molecule has 3 heteroatoms. The zero-order chi connectivity index (χ0) is 16.5. The minimum Gasteiger partial charge on any atom is -0.278 e. The molecule has 1 aliphatic rings. The lowest BCUT2D eigenvalue weighted by Crippen LogP contribution is -2.00. The summed E-state index contributed by atoms with van der Waals surface area (Å²) in [5, 5.41) is 4.52. The van der Waals surface area contributed by atoms with E-state index in [-0.39, 0.29) is 0 Å². The van der Waals surface area contributed by atoms with Gasteiger partial charge in [-0.25, -0.2) is 0 Å². The highest BCUT2D eigenvalue weighted by molar-refractivity contribution is 9.10. The molecule has 0 heterocycles. The van der Waals surface area contributed by atoms with Crippen molar-refractivity contribution in [2.45, 2.75) is 13.3 Å². The Labute approximate surface area is 150 Å². The van der Waals surface area contributed by atoms with Crippen molar-refractivity contribution in [3.63, 3.8) is 0 Å². The third-order valence-corrected chi connectivity index (χ3v) is 4.94. The van der Waals surface area contributed by atoms with Crippen molar-refractivity contribution in [1.29, 1.82) is 0 Å². The summed E-state index contributed by atoms with van der Waals surface area (Å²) < 4.78 is 1.06. The van der Waals surface area contributed by atoms with E-state index in [1.54, 1.807) is 0 Å². The lowest BCUT2D eigenvalue weighted by molar-refractivity contribution is 1.25. The quantitative estimate of drug-likeness (QED) is 0.351. The Balaban J connectivity index is 1.58. The van der Waals surface area contributed by atoms with Gasteiger partial charge in [0, 0.05) is 4.47 Å². The molecule has 0 aliphatic heterocycles. The minimum atomic E-state index is 0.978. The zero-order valence-electron chi connectivity index (χ0n) is 13.4. The maximum atomic E-state index is 4.52. The zero-order valence-corrected chi connectivity index (χ0v) is 15.0. The summed E-state index contributed by atoms with van der Waals surface area (Å²) in [6, 6.07) is 23.3. The molecule has 3 aromatic rings. The molecule has 2 nitrogen and oxygen atoms in total. The second-order valence-corrected chi connectivity index (χ2v) is 6.94. The second-order valence-electron chi connectivity index (χ2n) is 6.02. The third-order valence-electron chi connectivity index (χ3n) is 4.41. The summed E-state index contributed by atoms with van der Waals surface area (Å²) in [6.45, 7) is 2.04. The summed E-state index contributed by atoms with van der Waals surface area (Å²) in [5.74, 6) is 0. The molecule has 0 amide bonds. The highest BCUT2D eigenvalue weighted by Gasteiger charge is 2.18. The summed E-state index contributed by atoms with van der Waals surface area (Å²) >= 11 is 3.44. The lowest BCUT2D eigenvalue weighted by atomic mass is 10.0. The molecule has 0 saturated heterocycles. The predicted molar refractivity (Wildman–Crippen MR) is 105 cm³/mol. The van der Waals surface area contributed by atoms with E-state index in [9.17, 15) is 0 Å². The molecule has 3 aromatic carbocycles. The van der Waals surface area contributed by atoms with Gasteiger partial charge in [-0.3, -0.25) is 5.43 Å². The van der Waals surface area contributed by atoms with Gasteiger partial charge in [0.2, 0.25) is 0 Å². The number of anilines is 1. The van der Waals surface area contributed by atoms with Crippen LogP contribution in [0.2, 0.25) is 0 Å². The Morgan fingerprint density at radius 2 is 1.67 bits per heavy atom. The van der Waals surface area contributed by atoms with Crippen LogP contribution in [0.3, 0.4) is 0 Å². The van der Waals surface area contributed by atoms with E-state index >= 15 is 0 Å². The normalized spacial score (nSPS) is 12.7. The Morgan fingerprint density at radius 3 is 2.50 bits per heavy atom. The van der Waals surface area contributed by atoms with Crippen LogP contribution in [0.25, 0.3) is 11.1 Å². The van der Waals surface area contributed by atoms with Crippen molar-refractivity contribution in [1.82, 2.24) is 0 Å². The average Bonchev–Trinajstić information content (AvgIpc) is 2.98. The van der Waals surface area contributed by atoms with Crippen LogP contribution < -0.4 is 5.43 Å². The highest BCUT2D eigenvalue weighted by atomic mass is 79.9. The van der Waals surface area contributed by atoms with E-state index in [2.05, 4.69) is 68.9 Å². The Hall–Kier alpha value is -2.39. The molecule has 0 spiro atoms. The van der Waals surface area contributed by atoms with Gasteiger partial charge in [0.25, 0.3) is 0 Å². The molecule has 0 unspecified atom stereocenters. The van der Waals surface area contributed by atoms with Crippen LogP contribution in [0, 0.1) is 0 Å². The number of rotatable bonds is 3. The van der Waals surface area contributed by atoms with Crippen molar-refractivity contribution in [3.05, 3.63) is 87.9 Å². The number of hydrazone groups is 1. The highest BCUT2D eigenvalue weighted by Crippen LogP contribution is 2.36. The van der Waals surface area contributed by atoms with Crippen LogP contribution in [0.5, 0.6) is 0 Å². The van der Waals surface area contributed by atoms with Crippen molar-refractivity contribution >= 4 is 27.3 Å². The topological polar surface area (TPSA) is 24.4 Å². The molecule has 0 fully saturated rings. The van der Waals surface area contributed by atoms with Gasteiger partial charge in [-0.05, 0) is 71.5 Å². The molecule has 0 bridgehead atoms. The Morgan fingerprint density at radius 1 is 0.917 bits per heavy atom. The van der Waals surface area contributed by atoms with Crippen LogP contribution in [0.15, 0.2) is 76.3 Å². The first-order chi connectivity index (χ1) is 11.7. The smallest absolute Gasteiger partial charge is 0.0648 e. The van der Waals surface area contributed by atoms with Gasteiger partial charge in [0.15, 0.2) is 0 Å². The number of fused-ring (bicyclic) bond motifs is 3. The largest absolute Gasteiger partial charge is 0.278 e. The molecule has 0 radical (unpaired) electrons. The lowest BCUT2D eigenvalue weighted by Gasteiger charge is -2.06. The number of nitrogens with one attached hydrogen (secondary N) is 1. The molecule has 1 aliphatic carbocycles. The van der Waals surface area contributed by atoms with Gasteiger partial charge < -0.3 is 0 Å². The standard InChI is InChI=1S/C21H17BrN2/c1-14(23-24-19-9-7-18(22)8-10-19)15-6-11-21-17(12-15)13-16-4-2-3-5-20(16)21/h2-12,24H,13H2,1H3/b23-14+. The monoisotopic (exact) mass is 376 g/mol. The first-order valence-electron chi connectivity index (χ1n) is 7.98. The summed E-state index contributed by atoms with van der Waals surface area (Å²) in [4.78, 5) is 0. The second kappa shape index (κ2) is 6.25. The van der Waals surface area contributed by atoms with Crippen molar-refractivity contribution in [2.24, 2.45) is 5.10 Å². The number of benzene rings is 3. The van der Waals surface area contributed by atoms with E-state index in [0.717, 1.165) is 27.9 Å². The fraction of sp³-hybridized carbons (Fsp3) is 0.0952. The van der Waals surface area contributed by atoms with E-state index in [4.69, 9.17) is 0 Å². The van der Waals surface area contributed by atoms with Gasteiger partial charge in [0.1, 0.15) is 0 Å². The third kappa shape index (κ3) is 2.87. The molecule has 24 heavy (non-hydrogen) atoms. The summed E-state index contributed by atoms with van der Waals surface area (Å²) in [7, 11) is 0. The fourth-order valence-electron chi connectivity index (χ4n) is 3.11. The van der Waals surface area contributed by atoms with E-state index in [1.165, 1.54) is 22.3 Å². The van der Waals surface area contributed by atoms with Crippen molar-refractivity contribution < 1.29 is 0 Å². The first-order valence-corrected chi connectivity index (χ1v) is 8.77. The number of hydrogen-bond donors (Lipinski definition) is 1. The van der Waals surface area contributed by atoms with E-state index in [1.807, 2.05) is 31.2 Å². The Bertz CT molecular complexity index is 927. The van der Waals surface area contributed by atoms with E-state index in [0.29, 0.717) is 0 Å². The van der Waals surface area contributed by atoms with Gasteiger partial charge in [-0.1, -0.05) is 52.3 Å². The van der Waals surface area contributed by atoms with E-state index < -0.39 is 0 Å². The minimum absolute atomic E-state index is 0.978. The van der Waals surface area contributed by atoms with Gasteiger partial charge in [0.05, 0.1) is 11.4 Å². The number of nitrogens with zero attached hydrogens (tertiary/aromatic N) is 1. The number of hydrogen-bond acceptors (Lipinski definition) is 2. The first kappa shape index (κ1) is 15.2. The van der Waals surface area contributed by atoms with Gasteiger partial charge in [-0.2, -0.15) is 5.10 Å². The molecule has 0 atom stereocenters. The maximum Gasteiger partial charge on any atom is 0.0648 e. The van der Waals surface area contributed by atoms with Crippen LogP contribution in [-0.2, 0) is 6.42 Å². The number of halogens is 1. The summed E-state index contributed by atoms with van der Waals surface area (Å²) in [5.41, 5.74) is 11.7. The van der Waals surface area contributed by atoms with Crippen LogP contribution in [0.1, 0.15) is 23.6 Å². The molecule has 0 aromatic heterocycles.